The molecule has 1 aliphatic rings. The molecule has 0 unspecified atom stereocenters. The van der Waals surface area contributed by atoms with E-state index < -0.39 is 0 Å². The molecule has 1 heterocycles. The molecule has 4 rings (SSSR count). The molecule has 0 radical (unpaired) electrons. The van der Waals surface area contributed by atoms with Gasteiger partial charge in [0.05, 0.1) is 0 Å². The van der Waals surface area contributed by atoms with Gasteiger partial charge in [0.1, 0.15) is 0 Å². The summed E-state index contributed by atoms with van der Waals surface area (Å²) in [5, 5.41) is 0. The molecular weight excluding hydrogens is 342 g/mol. The van der Waals surface area contributed by atoms with Crippen molar-refractivity contribution in [3.05, 3.63) is 107 Å². The fourth-order valence-corrected chi connectivity index (χ4v) is 3.69. The highest BCUT2D eigenvalue weighted by molar-refractivity contribution is 5.94. The summed E-state index contributed by atoms with van der Waals surface area (Å²) in [7, 11) is 0. The van der Waals surface area contributed by atoms with Crippen molar-refractivity contribution in [3.63, 3.8) is 0 Å². The van der Waals surface area contributed by atoms with E-state index in [2.05, 4.69) is 42.2 Å². The maximum absolute atomic E-state index is 12.8. The zero-order valence-electron chi connectivity index (χ0n) is 15.8. The van der Waals surface area contributed by atoms with Gasteiger partial charge in [0.15, 0.2) is 0 Å². The Balaban J connectivity index is 1.37. The Kier molecular flexibility index (Phi) is 5.54. The van der Waals surface area contributed by atoms with Crippen molar-refractivity contribution in [1.82, 2.24) is 4.90 Å². The molecule has 3 aromatic rings. The van der Waals surface area contributed by atoms with Crippen LogP contribution in [0.15, 0.2) is 84.9 Å². The second-order valence-corrected chi connectivity index (χ2v) is 7.17. The van der Waals surface area contributed by atoms with E-state index in [1.54, 1.807) is 0 Å². The minimum absolute atomic E-state index is 0.120. The van der Waals surface area contributed by atoms with Crippen molar-refractivity contribution in [2.24, 2.45) is 0 Å². The van der Waals surface area contributed by atoms with E-state index in [1.807, 2.05) is 59.5 Å². The number of rotatable bonds is 2. The average Bonchev–Trinajstić information content (AvgIpc) is 2.79. The highest BCUT2D eigenvalue weighted by Crippen LogP contribution is 2.28. The van der Waals surface area contributed by atoms with Crippen LogP contribution < -0.4 is 0 Å². The molecule has 1 fully saturated rings. The fourth-order valence-electron chi connectivity index (χ4n) is 3.69. The van der Waals surface area contributed by atoms with Crippen LogP contribution in [0.5, 0.6) is 0 Å². The van der Waals surface area contributed by atoms with Crippen LogP contribution in [-0.4, -0.2) is 23.9 Å². The molecule has 1 aliphatic heterocycles. The van der Waals surface area contributed by atoms with Crippen molar-refractivity contribution in [1.29, 1.82) is 0 Å². The smallest absolute Gasteiger partial charge is 0.253 e. The van der Waals surface area contributed by atoms with Gasteiger partial charge < -0.3 is 4.90 Å². The molecule has 28 heavy (non-hydrogen) atoms. The van der Waals surface area contributed by atoms with E-state index in [1.165, 1.54) is 5.56 Å². The van der Waals surface area contributed by atoms with Crippen molar-refractivity contribution in [3.8, 4) is 11.8 Å². The third-order valence-electron chi connectivity index (χ3n) is 5.31. The molecule has 1 saturated heterocycles. The molecule has 0 N–H and O–H groups in total. The van der Waals surface area contributed by atoms with Crippen LogP contribution in [0.4, 0.5) is 0 Å². The highest BCUT2D eigenvalue weighted by atomic mass is 16.2. The van der Waals surface area contributed by atoms with Crippen molar-refractivity contribution in [2.75, 3.05) is 13.1 Å². The van der Waals surface area contributed by atoms with Crippen molar-refractivity contribution in [2.45, 2.75) is 18.8 Å². The first kappa shape index (κ1) is 18.1. The number of piperidine rings is 1. The molecule has 0 atom stereocenters. The lowest BCUT2D eigenvalue weighted by atomic mass is 9.89. The lowest BCUT2D eigenvalue weighted by Gasteiger charge is -2.32. The fraction of sp³-hybridized carbons (Fsp3) is 0.192. The number of hydrogen-bond acceptors (Lipinski definition) is 1. The molecule has 2 nitrogen and oxygen atoms in total. The molecule has 0 aromatic heterocycles. The molecule has 0 aliphatic carbocycles. The standard InChI is InChI=1S/C26H23NO/c28-26(27-19-17-24(18-20-27)23-9-5-2-6-10-23)25-15-13-22(14-16-25)12-11-21-7-3-1-4-8-21/h1-10,13-16,24H,17-20H2. The van der Waals surface area contributed by atoms with Crippen LogP contribution in [0.1, 0.15) is 45.8 Å². The quantitative estimate of drug-likeness (QED) is 0.578. The SMILES string of the molecule is O=C(c1ccc(C#Cc2ccccc2)cc1)N1CCC(c2ccccc2)CC1. The summed E-state index contributed by atoms with van der Waals surface area (Å²) in [6, 6.07) is 28.2. The summed E-state index contributed by atoms with van der Waals surface area (Å²) in [5.41, 5.74) is 4.03. The summed E-state index contributed by atoms with van der Waals surface area (Å²) in [5.74, 6) is 6.98. The van der Waals surface area contributed by atoms with E-state index in [9.17, 15) is 4.79 Å². The van der Waals surface area contributed by atoms with Gasteiger partial charge in [-0.1, -0.05) is 60.4 Å². The topological polar surface area (TPSA) is 20.3 Å². The second-order valence-electron chi connectivity index (χ2n) is 7.17. The average molecular weight is 365 g/mol. The van der Waals surface area contributed by atoms with Gasteiger partial charge in [-0.05, 0) is 60.7 Å². The number of amides is 1. The monoisotopic (exact) mass is 365 g/mol. The van der Waals surface area contributed by atoms with Gasteiger partial charge in [-0.2, -0.15) is 0 Å². The highest BCUT2D eigenvalue weighted by Gasteiger charge is 2.24. The van der Waals surface area contributed by atoms with E-state index in [0.717, 1.165) is 42.6 Å². The second kappa shape index (κ2) is 8.59. The zero-order chi connectivity index (χ0) is 19.2. The van der Waals surface area contributed by atoms with Gasteiger partial charge >= 0.3 is 0 Å². The molecule has 1 amide bonds. The normalized spacial score (nSPS) is 14.2. The Labute approximate surface area is 166 Å². The number of benzene rings is 3. The van der Waals surface area contributed by atoms with Gasteiger partial charge in [0.2, 0.25) is 0 Å². The van der Waals surface area contributed by atoms with Crippen LogP contribution >= 0.6 is 0 Å². The van der Waals surface area contributed by atoms with Crippen LogP contribution in [0.25, 0.3) is 0 Å². The summed E-state index contributed by atoms with van der Waals surface area (Å²) in [6.07, 6.45) is 2.05. The lowest BCUT2D eigenvalue weighted by Crippen LogP contribution is -2.37. The Hall–Kier alpha value is -3.31. The van der Waals surface area contributed by atoms with Gasteiger partial charge in [0, 0.05) is 29.8 Å². The van der Waals surface area contributed by atoms with Crippen LogP contribution in [0.2, 0.25) is 0 Å². The summed E-state index contributed by atoms with van der Waals surface area (Å²) < 4.78 is 0. The van der Waals surface area contributed by atoms with E-state index in [4.69, 9.17) is 0 Å². The first-order valence-corrected chi connectivity index (χ1v) is 9.81. The van der Waals surface area contributed by atoms with E-state index in [-0.39, 0.29) is 5.91 Å². The van der Waals surface area contributed by atoms with Gasteiger partial charge in [-0.25, -0.2) is 0 Å². The van der Waals surface area contributed by atoms with Gasteiger partial charge in [-0.3, -0.25) is 4.79 Å². The van der Waals surface area contributed by atoms with Crippen LogP contribution in [0.3, 0.4) is 0 Å². The molecule has 0 bridgehead atoms. The minimum atomic E-state index is 0.120. The zero-order valence-corrected chi connectivity index (χ0v) is 15.8. The van der Waals surface area contributed by atoms with Crippen molar-refractivity contribution >= 4 is 5.91 Å². The Morgan fingerprint density at radius 2 is 1.25 bits per heavy atom. The maximum Gasteiger partial charge on any atom is 0.253 e. The molecule has 0 spiro atoms. The lowest BCUT2D eigenvalue weighted by molar-refractivity contribution is 0.0713. The van der Waals surface area contributed by atoms with E-state index in [0.29, 0.717) is 5.92 Å². The summed E-state index contributed by atoms with van der Waals surface area (Å²) >= 11 is 0. The Morgan fingerprint density at radius 1 is 0.714 bits per heavy atom. The predicted octanol–water partition coefficient (Wildman–Crippen LogP) is 5.11. The van der Waals surface area contributed by atoms with Crippen LogP contribution in [-0.2, 0) is 0 Å². The predicted molar refractivity (Wildman–Crippen MR) is 113 cm³/mol. The van der Waals surface area contributed by atoms with Crippen molar-refractivity contribution < 1.29 is 4.79 Å². The molecule has 2 heteroatoms. The Morgan fingerprint density at radius 3 is 1.86 bits per heavy atom. The summed E-state index contributed by atoms with van der Waals surface area (Å²) in [6.45, 7) is 1.63. The van der Waals surface area contributed by atoms with E-state index >= 15 is 0 Å². The minimum Gasteiger partial charge on any atom is -0.339 e. The van der Waals surface area contributed by atoms with Crippen LogP contribution in [0, 0.1) is 11.8 Å². The Bertz CT molecular complexity index is 973. The number of carbonyl (C=O) groups excluding carboxylic acids is 1. The first-order valence-electron chi connectivity index (χ1n) is 9.81. The first-order chi connectivity index (χ1) is 13.8. The third kappa shape index (κ3) is 4.32. The third-order valence-corrected chi connectivity index (χ3v) is 5.31. The molecular formula is C26H23NO. The number of hydrogen-bond donors (Lipinski definition) is 0. The molecule has 0 saturated carbocycles. The maximum atomic E-state index is 12.8. The summed E-state index contributed by atoms with van der Waals surface area (Å²) in [4.78, 5) is 14.8. The largest absolute Gasteiger partial charge is 0.339 e. The molecule has 138 valence electrons. The van der Waals surface area contributed by atoms with Gasteiger partial charge in [0.25, 0.3) is 5.91 Å². The number of nitrogens with zero attached hydrogens (tertiary/aromatic N) is 1. The van der Waals surface area contributed by atoms with Gasteiger partial charge in [-0.15, -0.1) is 0 Å². The number of carbonyl (C=O) groups is 1. The molecule has 3 aromatic carbocycles. The number of likely N-dealkylation sites (tertiary alicyclic amines) is 1.